The molecule has 0 aliphatic carbocycles. The lowest BCUT2D eigenvalue weighted by atomic mass is 10.3. The molecule has 3 N–H and O–H groups in total. The van der Waals surface area contributed by atoms with E-state index in [2.05, 4.69) is 10.3 Å². The number of hydrogen-bond acceptors (Lipinski definition) is 4. The summed E-state index contributed by atoms with van der Waals surface area (Å²) in [4.78, 5) is 15.5. The van der Waals surface area contributed by atoms with Gasteiger partial charge in [-0.1, -0.05) is 6.07 Å². The molecule has 0 spiro atoms. The largest absolute Gasteiger partial charge is 0.381 e. The third-order valence-electron chi connectivity index (χ3n) is 2.01. The molecule has 1 amide bonds. The summed E-state index contributed by atoms with van der Waals surface area (Å²) in [6.45, 7) is 3.40. The molecule has 1 aromatic rings. The molecule has 88 valence electrons. The Morgan fingerprint density at radius 2 is 2.38 bits per heavy atom. The molecule has 0 aromatic carbocycles. The van der Waals surface area contributed by atoms with Crippen LogP contribution in [0.25, 0.3) is 0 Å². The molecule has 0 atom stereocenters. The maximum absolute atomic E-state index is 11.4. The van der Waals surface area contributed by atoms with E-state index in [0.29, 0.717) is 32.0 Å². The van der Waals surface area contributed by atoms with Crippen molar-refractivity contribution in [2.75, 3.05) is 18.5 Å². The standard InChI is InChI=1S/C11H17N3O2/c1-2-16-6-5-11(15)14-10-4-3-9(7-12)8-13-10/h3-4,8H,2,5-7,12H2,1H3,(H,13,14,15). The SMILES string of the molecule is CCOCCC(=O)Nc1ccc(CN)cn1. The normalized spacial score (nSPS) is 10.1. The predicted molar refractivity (Wildman–Crippen MR) is 61.9 cm³/mol. The first kappa shape index (κ1) is 12.6. The monoisotopic (exact) mass is 223 g/mol. The van der Waals surface area contributed by atoms with Gasteiger partial charge in [0.2, 0.25) is 5.91 Å². The number of amides is 1. The van der Waals surface area contributed by atoms with Gasteiger partial charge in [0.25, 0.3) is 0 Å². The van der Waals surface area contributed by atoms with Gasteiger partial charge in [0, 0.05) is 19.3 Å². The van der Waals surface area contributed by atoms with Crippen molar-refractivity contribution in [2.45, 2.75) is 19.9 Å². The highest BCUT2D eigenvalue weighted by Crippen LogP contribution is 2.04. The number of aromatic nitrogens is 1. The summed E-state index contributed by atoms with van der Waals surface area (Å²) >= 11 is 0. The smallest absolute Gasteiger partial charge is 0.227 e. The molecule has 0 aliphatic heterocycles. The average Bonchev–Trinajstić information content (AvgIpc) is 2.30. The number of pyridine rings is 1. The predicted octanol–water partition coefficient (Wildman–Crippen LogP) is 0.905. The van der Waals surface area contributed by atoms with Crippen LogP contribution in [0.2, 0.25) is 0 Å². The lowest BCUT2D eigenvalue weighted by molar-refractivity contribution is -0.117. The van der Waals surface area contributed by atoms with Crippen LogP contribution in [0, 0.1) is 0 Å². The number of nitrogens with one attached hydrogen (secondary N) is 1. The van der Waals surface area contributed by atoms with Crippen LogP contribution in [0.1, 0.15) is 18.9 Å². The van der Waals surface area contributed by atoms with E-state index < -0.39 is 0 Å². The Kier molecular flexibility index (Phi) is 5.45. The minimum absolute atomic E-state index is 0.0959. The van der Waals surface area contributed by atoms with Gasteiger partial charge in [0.1, 0.15) is 5.82 Å². The average molecular weight is 223 g/mol. The fourth-order valence-electron chi connectivity index (χ4n) is 1.13. The zero-order valence-electron chi connectivity index (χ0n) is 9.40. The summed E-state index contributed by atoms with van der Waals surface area (Å²) in [5.41, 5.74) is 6.38. The first-order valence-electron chi connectivity index (χ1n) is 5.29. The summed E-state index contributed by atoms with van der Waals surface area (Å²) < 4.78 is 5.08. The van der Waals surface area contributed by atoms with Crippen molar-refractivity contribution in [3.8, 4) is 0 Å². The Balaban J connectivity index is 2.37. The second-order valence-electron chi connectivity index (χ2n) is 3.25. The molecule has 0 aliphatic rings. The fourth-order valence-corrected chi connectivity index (χ4v) is 1.13. The molecule has 0 radical (unpaired) electrons. The van der Waals surface area contributed by atoms with Crippen LogP contribution in [0.3, 0.4) is 0 Å². The van der Waals surface area contributed by atoms with Gasteiger partial charge >= 0.3 is 0 Å². The van der Waals surface area contributed by atoms with Crippen molar-refractivity contribution < 1.29 is 9.53 Å². The molecular weight excluding hydrogens is 206 g/mol. The Bertz CT molecular complexity index is 325. The Morgan fingerprint density at radius 3 is 2.94 bits per heavy atom. The topological polar surface area (TPSA) is 77.2 Å². The van der Waals surface area contributed by atoms with Crippen LogP contribution in [-0.2, 0) is 16.1 Å². The molecule has 0 unspecified atom stereocenters. The molecule has 0 bridgehead atoms. The molecule has 1 aromatic heterocycles. The van der Waals surface area contributed by atoms with E-state index in [1.54, 1.807) is 12.3 Å². The van der Waals surface area contributed by atoms with Crippen molar-refractivity contribution in [1.82, 2.24) is 4.98 Å². The highest BCUT2D eigenvalue weighted by molar-refractivity contribution is 5.89. The van der Waals surface area contributed by atoms with E-state index in [9.17, 15) is 4.79 Å². The number of ether oxygens (including phenoxy) is 1. The lowest BCUT2D eigenvalue weighted by Gasteiger charge is -2.05. The third-order valence-corrected chi connectivity index (χ3v) is 2.01. The van der Waals surface area contributed by atoms with Gasteiger partial charge in [0.15, 0.2) is 0 Å². The van der Waals surface area contributed by atoms with E-state index in [-0.39, 0.29) is 5.91 Å². The minimum Gasteiger partial charge on any atom is -0.381 e. The van der Waals surface area contributed by atoms with E-state index in [4.69, 9.17) is 10.5 Å². The Hall–Kier alpha value is -1.46. The molecule has 5 heteroatoms. The van der Waals surface area contributed by atoms with E-state index in [1.807, 2.05) is 13.0 Å². The molecule has 0 fully saturated rings. The van der Waals surface area contributed by atoms with Crippen LogP contribution < -0.4 is 11.1 Å². The maximum atomic E-state index is 11.4. The van der Waals surface area contributed by atoms with Crippen LogP contribution in [0.5, 0.6) is 0 Å². The second-order valence-corrected chi connectivity index (χ2v) is 3.25. The van der Waals surface area contributed by atoms with Crippen molar-refractivity contribution in [1.29, 1.82) is 0 Å². The molecule has 0 saturated heterocycles. The third kappa shape index (κ3) is 4.37. The van der Waals surface area contributed by atoms with Gasteiger partial charge in [-0.3, -0.25) is 4.79 Å². The number of carbonyl (C=O) groups is 1. The first-order valence-corrected chi connectivity index (χ1v) is 5.29. The highest BCUT2D eigenvalue weighted by Gasteiger charge is 2.02. The van der Waals surface area contributed by atoms with Crippen molar-refractivity contribution in [3.63, 3.8) is 0 Å². The quantitative estimate of drug-likeness (QED) is 0.702. The molecule has 1 heterocycles. The number of anilines is 1. The first-order chi connectivity index (χ1) is 7.76. The Labute approximate surface area is 95.0 Å². The summed E-state index contributed by atoms with van der Waals surface area (Å²) in [6.07, 6.45) is 1.99. The number of rotatable bonds is 6. The van der Waals surface area contributed by atoms with Gasteiger partial charge in [0.05, 0.1) is 13.0 Å². The van der Waals surface area contributed by atoms with Gasteiger partial charge in [-0.05, 0) is 18.6 Å². The maximum Gasteiger partial charge on any atom is 0.227 e. The van der Waals surface area contributed by atoms with Crippen LogP contribution in [-0.4, -0.2) is 24.1 Å². The second kappa shape index (κ2) is 6.92. The van der Waals surface area contributed by atoms with Crippen molar-refractivity contribution >= 4 is 11.7 Å². The van der Waals surface area contributed by atoms with Gasteiger partial charge < -0.3 is 15.8 Å². The molecular formula is C11H17N3O2. The van der Waals surface area contributed by atoms with E-state index >= 15 is 0 Å². The molecule has 1 rings (SSSR count). The van der Waals surface area contributed by atoms with Crippen LogP contribution in [0.4, 0.5) is 5.82 Å². The number of hydrogen-bond donors (Lipinski definition) is 2. The van der Waals surface area contributed by atoms with Crippen LogP contribution in [0.15, 0.2) is 18.3 Å². The van der Waals surface area contributed by atoms with Crippen LogP contribution >= 0.6 is 0 Å². The summed E-state index contributed by atoms with van der Waals surface area (Å²) in [5, 5.41) is 2.68. The molecule has 5 nitrogen and oxygen atoms in total. The van der Waals surface area contributed by atoms with Crippen molar-refractivity contribution in [2.24, 2.45) is 5.73 Å². The van der Waals surface area contributed by atoms with E-state index in [1.165, 1.54) is 0 Å². The minimum atomic E-state index is -0.0959. The number of carbonyl (C=O) groups excluding carboxylic acids is 1. The summed E-state index contributed by atoms with van der Waals surface area (Å²) in [5.74, 6) is 0.445. The zero-order chi connectivity index (χ0) is 11.8. The van der Waals surface area contributed by atoms with Crippen molar-refractivity contribution in [3.05, 3.63) is 23.9 Å². The fraction of sp³-hybridized carbons (Fsp3) is 0.455. The van der Waals surface area contributed by atoms with Gasteiger partial charge in [-0.15, -0.1) is 0 Å². The Morgan fingerprint density at radius 1 is 1.56 bits per heavy atom. The molecule has 0 saturated carbocycles. The highest BCUT2D eigenvalue weighted by atomic mass is 16.5. The lowest BCUT2D eigenvalue weighted by Crippen LogP contribution is -2.15. The number of nitrogens with two attached hydrogens (primary N) is 1. The summed E-state index contributed by atoms with van der Waals surface area (Å²) in [7, 11) is 0. The number of nitrogens with zero attached hydrogens (tertiary/aromatic N) is 1. The molecule has 16 heavy (non-hydrogen) atoms. The zero-order valence-corrected chi connectivity index (χ0v) is 9.40. The summed E-state index contributed by atoms with van der Waals surface area (Å²) in [6, 6.07) is 3.58. The van der Waals surface area contributed by atoms with E-state index in [0.717, 1.165) is 5.56 Å². The van der Waals surface area contributed by atoms with Gasteiger partial charge in [-0.2, -0.15) is 0 Å². The van der Waals surface area contributed by atoms with Gasteiger partial charge in [-0.25, -0.2) is 4.98 Å².